The van der Waals surface area contributed by atoms with Crippen LogP contribution in [0.3, 0.4) is 0 Å². The minimum atomic E-state index is -1.07. The highest BCUT2D eigenvalue weighted by Crippen LogP contribution is 2.29. The molecule has 0 radical (unpaired) electrons. The molecular weight excluding hydrogens is 684 g/mol. The molecule has 4 aromatic rings. The van der Waals surface area contributed by atoms with E-state index < -0.39 is 29.8 Å². The van der Waals surface area contributed by atoms with Crippen LogP contribution < -0.4 is 14.2 Å². The molecule has 0 unspecified atom stereocenters. The number of benzene rings is 4. The van der Waals surface area contributed by atoms with Crippen molar-refractivity contribution in [3.8, 4) is 29.4 Å². The minimum absolute atomic E-state index is 0.0509. The van der Waals surface area contributed by atoms with E-state index in [1.807, 2.05) is 12.1 Å². The van der Waals surface area contributed by atoms with Gasteiger partial charge in [-0.2, -0.15) is 10.5 Å². The predicted octanol–water partition coefficient (Wildman–Crippen LogP) is 5.74. The molecule has 0 aliphatic heterocycles. The lowest BCUT2D eigenvalue weighted by molar-refractivity contribution is -0.137. The lowest BCUT2D eigenvalue weighted by Crippen LogP contribution is -2.08. The van der Waals surface area contributed by atoms with E-state index in [2.05, 4.69) is 0 Å². The molecule has 0 saturated heterocycles. The molecule has 0 aromatic heterocycles. The largest absolute Gasteiger partial charge is 0.481 e. The van der Waals surface area contributed by atoms with E-state index in [0.29, 0.717) is 38.9 Å². The molecule has 0 amide bonds. The smallest absolute Gasteiger partial charge is 0.336 e. The number of carboxylic acid groups (broad SMARTS) is 2. The van der Waals surface area contributed by atoms with Gasteiger partial charge in [-0.1, -0.05) is 48.5 Å². The van der Waals surface area contributed by atoms with Crippen molar-refractivity contribution in [1.82, 2.24) is 0 Å². The molecular formula is C40H30N2O11. The summed E-state index contributed by atoms with van der Waals surface area (Å²) >= 11 is 0. The predicted molar refractivity (Wildman–Crippen MR) is 189 cm³/mol. The molecule has 266 valence electrons. The molecule has 0 bridgehead atoms. The molecule has 2 N–H and O–H groups in total. The number of nitrogens with zero attached hydrogens (tertiary/aromatic N) is 2. The quantitative estimate of drug-likeness (QED) is 0.0775. The summed E-state index contributed by atoms with van der Waals surface area (Å²) in [5.74, 6) is -3.82. The Balaban J connectivity index is 0.000000286. The Hall–Kier alpha value is -7.64. The number of aliphatic carboxylic acids is 2. The third-order valence-corrected chi connectivity index (χ3v) is 6.69. The van der Waals surface area contributed by atoms with E-state index >= 15 is 0 Å². The van der Waals surface area contributed by atoms with Gasteiger partial charge in [0.15, 0.2) is 17.3 Å². The van der Waals surface area contributed by atoms with Crippen LogP contribution in [0, 0.1) is 22.7 Å². The molecule has 0 aliphatic rings. The third kappa shape index (κ3) is 13.7. The van der Waals surface area contributed by atoms with Crippen LogP contribution in [0.4, 0.5) is 0 Å². The molecule has 0 aliphatic carbocycles. The van der Waals surface area contributed by atoms with Crippen molar-refractivity contribution in [2.75, 3.05) is 0 Å². The zero-order chi connectivity index (χ0) is 38.9. The molecule has 0 heterocycles. The van der Waals surface area contributed by atoms with Crippen LogP contribution >= 0.6 is 0 Å². The Labute approximate surface area is 303 Å². The number of ether oxygens (including phenoxy) is 3. The SMILES string of the molecule is CC(=O)Oc1ccc(/C=C/C(=O)Oc2cccc(C#N)c2)cc1OC(C)=O.N#Cc1cccc(C(=O)/C=C/c2ccc(CC(=O)O)c(CC(=O)O)c2)c1. The van der Waals surface area contributed by atoms with Gasteiger partial charge in [0.1, 0.15) is 5.75 Å². The van der Waals surface area contributed by atoms with E-state index in [1.54, 1.807) is 60.7 Å². The monoisotopic (exact) mass is 714 g/mol. The van der Waals surface area contributed by atoms with E-state index in [9.17, 15) is 28.8 Å². The number of hydrogen-bond acceptors (Lipinski definition) is 11. The zero-order valence-corrected chi connectivity index (χ0v) is 28.3. The standard InChI is InChI=1S/C20H15NO6.C20H15NO5/c1-13(22)25-18-8-6-15(11-19(18)26-14(2)23)7-9-20(24)27-17-5-3-4-16(10-17)12-21;21-12-14-2-1-3-16(9-14)18(22)7-5-13-4-6-15(10-19(23)24)17(8-13)11-20(25)26/h3-11H,1-2H3;1-9H,10-11H2,(H,23,24)(H,25,26)/b9-7+;7-5+. The maximum absolute atomic E-state index is 12.2. The van der Waals surface area contributed by atoms with Crippen molar-refractivity contribution in [1.29, 1.82) is 10.5 Å². The highest BCUT2D eigenvalue weighted by Gasteiger charge is 2.12. The van der Waals surface area contributed by atoms with E-state index in [4.69, 9.17) is 34.9 Å². The van der Waals surface area contributed by atoms with Gasteiger partial charge in [-0.15, -0.1) is 0 Å². The summed E-state index contributed by atoms with van der Waals surface area (Å²) in [6, 6.07) is 25.6. The summed E-state index contributed by atoms with van der Waals surface area (Å²) in [6.45, 7) is 2.44. The van der Waals surface area contributed by atoms with Gasteiger partial charge in [0, 0.05) is 25.5 Å². The number of carboxylic acids is 2. The lowest BCUT2D eigenvalue weighted by Gasteiger charge is -2.09. The Morgan fingerprint density at radius 3 is 1.83 bits per heavy atom. The summed E-state index contributed by atoms with van der Waals surface area (Å²) in [4.78, 5) is 68.3. The number of ketones is 1. The normalized spacial score (nSPS) is 10.3. The first-order valence-electron chi connectivity index (χ1n) is 15.4. The summed E-state index contributed by atoms with van der Waals surface area (Å²) in [7, 11) is 0. The molecule has 13 heteroatoms. The third-order valence-electron chi connectivity index (χ3n) is 6.69. The van der Waals surface area contributed by atoms with Crippen molar-refractivity contribution in [3.05, 3.63) is 136 Å². The van der Waals surface area contributed by atoms with Crippen LogP contribution in [-0.2, 0) is 36.8 Å². The van der Waals surface area contributed by atoms with Crippen molar-refractivity contribution in [2.45, 2.75) is 26.7 Å². The second-order valence-corrected chi connectivity index (χ2v) is 10.8. The van der Waals surface area contributed by atoms with Crippen molar-refractivity contribution < 1.29 is 53.2 Å². The van der Waals surface area contributed by atoms with Crippen molar-refractivity contribution in [3.63, 3.8) is 0 Å². The fourth-order valence-corrected chi connectivity index (χ4v) is 4.47. The van der Waals surface area contributed by atoms with Gasteiger partial charge >= 0.3 is 29.8 Å². The van der Waals surface area contributed by atoms with Crippen LogP contribution in [0.25, 0.3) is 12.2 Å². The van der Waals surface area contributed by atoms with E-state index in [-0.39, 0.29) is 35.9 Å². The van der Waals surface area contributed by atoms with Crippen LogP contribution in [0.15, 0.2) is 97.1 Å². The van der Waals surface area contributed by atoms with Gasteiger partial charge in [0.2, 0.25) is 0 Å². The molecule has 0 atom stereocenters. The number of allylic oxidation sites excluding steroid dienone is 1. The zero-order valence-electron chi connectivity index (χ0n) is 28.3. The summed E-state index contributed by atoms with van der Waals surface area (Å²) < 4.78 is 15.1. The number of carbonyl (C=O) groups is 6. The molecule has 0 spiro atoms. The summed E-state index contributed by atoms with van der Waals surface area (Å²) in [6.07, 6.45) is 4.90. The van der Waals surface area contributed by atoms with Gasteiger partial charge < -0.3 is 24.4 Å². The maximum atomic E-state index is 12.2. The van der Waals surface area contributed by atoms with Crippen LogP contribution in [0.2, 0.25) is 0 Å². The van der Waals surface area contributed by atoms with Gasteiger partial charge in [0.05, 0.1) is 36.1 Å². The number of hydrogen-bond donors (Lipinski definition) is 2. The highest BCUT2D eigenvalue weighted by molar-refractivity contribution is 6.07. The Morgan fingerprint density at radius 2 is 1.19 bits per heavy atom. The number of esters is 3. The average Bonchev–Trinajstić information content (AvgIpc) is 3.11. The molecule has 13 nitrogen and oxygen atoms in total. The fourth-order valence-electron chi connectivity index (χ4n) is 4.47. The van der Waals surface area contributed by atoms with E-state index in [0.717, 1.165) is 0 Å². The van der Waals surface area contributed by atoms with Gasteiger partial charge in [-0.3, -0.25) is 24.0 Å². The van der Waals surface area contributed by atoms with Crippen LogP contribution in [-0.4, -0.2) is 45.8 Å². The van der Waals surface area contributed by atoms with Gasteiger partial charge in [-0.05, 0) is 76.9 Å². The highest BCUT2D eigenvalue weighted by atomic mass is 16.6. The topological polar surface area (TPSA) is 218 Å². The molecule has 4 rings (SSSR count). The lowest BCUT2D eigenvalue weighted by atomic mass is 9.98. The van der Waals surface area contributed by atoms with Crippen LogP contribution in [0.5, 0.6) is 17.2 Å². The molecule has 0 fully saturated rings. The van der Waals surface area contributed by atoms with E-state index in [1.165, 1.54) is 62.4 Å². The fraction of sp³-hybridized carbons (Fsp3) is 0.100. The first-order valence-corrected chi connectivity index (χ1v) is 15.4. The Kier molecular flexibility index (Phi) is 14.7. The van der Waals surface area contributed by atoms with Crippen molar-refractivity contribution in [2.24, 2.45) is 0 Å². The number of nitriles is 2. The summed E-state index contributed by atoms with van der Waals surface area (Å²) in [5, 5.41) is 35.6. The Bertz CT molecular complexity index is 2200. The second kappa shape index (κ2) is 19.5. The van der Waals surface area contributed by atoms with Gasteiger partial charge in [0.25, 0.3) is 0 Å². The first-order chi connectivity index (χ1) is 25.3. The van der Waals surface area contributed by atoms with Gasteiger partial charge in [-0.25, -0.2) is 4.79 Å². The van der Waals surface area contributed by atoms with Crippen molar-refractivity contribution >= 4 is 47.8 Å². The number of rotatable bonds is 12. The molecule has 0 saturated carbocycles. The summed E-state index contributed by atoms with van der Waals surface area (Å²) in [5.41, 5.74) is 3.03. The molecule has 4 aromatic carbocycles. The first kappa shape index (κ1) is 39.8. The number of carbonyl (C=O) groups excluding carboxylic acids is 4. The average molecular weight is 715 g/mol. The molecule has 53 heavy (non-hydrogen) atoms. The van der Waals surface area contributed by atoms with Crippen LogP contribution in [0.1, 0.15) is 57.6 Å². The second-order valence-electron chi connectivity index (χ2n) is 10.8. The Morgan fingerprint density at radius 1 is 0.623 bits per heavy atom. The minimum Gasteiger partial charge on any atom is -0.481 e. The maximum Gasteiger partial charge on any atom is 0.336 e.